The molecule has 0 aromatic heterocycles. The highest BCUT2D eigenvalue weighted by molar-refractivity contribution is 9.10. The third-order valence-electron chi connectivity index (χ3n) is 3.50. The lowest BCUT2D eigenvalue weighted by Crippen LogP contribution is -2.46. The summed E-state index contributed by atoms with van der Waals surface area (Å²) in [5.41, 5.74) is 1.08. The minimum absolute atomic E-state index is 0.199. The van der Waals surface area contributed by atoms with Crippen molar-refractivity contribution in [3.63, 3.8) is 0 Å². The minimum Gasteiger partial charge on any atom is -0.481 e. The van der Waals surface area contributed by atoms with Crippen molar-refractivity contribution in [3.05, 3.63) is 34.1 Å². The largest absolute Gasteiger partial charge is 0.481 e. The van der Waals surface area contributed by atoms with Crippen LogP contribution in [0.4, 0.5) is 4.39 Å². The van der Waals surface area contributed by atoms with Crippen molar-refractivity contribution >= 4 is 21.9 Å². The van der Waals surface area contributed by atoms with Crippen molar-refractivity contribution in [3.8, 4) is 0 Å². The molecule has 110 valence electrons. The number of carboxylic acids is 1. The molecule has 20 heavy (non-hydrogen) atoms. The highest BCUT2D eigenvalue weighted by Crippen LogP contribution is 2.18. The van der Waals surface area contributed by atoms with Gasteiger partial charge in [-0.05, 0) is 33.6 Å². The molecular formula is C14H18BrFN2O2. The van der Waals surface area contributed by atoms with Crippen LogP contribution in [0.1, 0.15) is 12.0 Å². The fourth-order valence-corrected chi connectivity index (χ4v) is 2.75. The number of aliphatic carboxylic acids is 1. The van der Waals surface area contributed by atoms with Crippen molar-refractivity contribution in [2.45, 2.75) is 13.0 Å². The molecule has 0 bridgehead atoms. The number of halogens is 2. The number of hydrogen-bond acceptors (Lipinski definition) is 3. The van der Waals surface area contributed by atoms with Gasteiger partial charge < -0.3 is 10.0 Å². The first-order valence-electron chi connectivity index (χ1n) is 6.65. The number of carboxylic acid groups (broad SMARTS) is 1. The van der Waals surface area contributed by atoms with Gasteiger partial charge in [-0.2, -0.15) is 0 Å². The lowest BCUT2D eigenvalue weighted by Gasteiger charge is -2.34. The maximum atomic E-state index is 13.2. The molecule has 1 fully saturated rings. The van der Waals surface area contributed by atoms with Crippen LogP contribution in [0.2, 0.25) is 0 Å². The summed E-state index contributed by atoms with van der Waals surface area (Å²) in [4.78, 5) is 15.0. The highest BCUT2D eigenvalue weighted by atomic mass is 79.9. The zero-order valence-electron chi connectivity index (χ0n) is 11.2. The van der Waals surface area contributed by atoms with Gasteiger partial charge in [0.05, 0.1) is 10.9 Å². The summed E-state index contributed by atoms with van der Waals surface area (Å²) in [5.74, 6) is -0.990. The number of benzene rings is 1. The van der Waals surface area contributed by atoms with Crippen molar-refractivity contribution in [1.29, 1.82) is 0 Å². The minimum atomic E-state index is -0.747. The van der Waals surface area contributed by atoms with E-state index in [0.717, 1.165) is 38.3 Å². The molecule has 2 rings (SSSR count). The van der Waals surface area contributed by atoms with Gasteiger partial charge in [-0.15, -0.1) is 0 Å². The predicted molar refractivity (Wildman–Crippen MR) is 78.1 cm³/mol. The molecule has 1 aromatic rings. The Hall–Kier alpha value is -0.980. The van der Waals surface area contributed by atoms with Gasteiger partial charge in [-0.1, -0.05) is 6.07 Å². The summed E-state index contributed by atoms with van der Waals surface area (Å²) in [6.45, 7) is 5.01. The smallest absolute Gasteiger partial charge is 0.304 e. The third-order valence-corrected chi connectivity index (χ3v) is 4.10. The summed E-state index contributed by atoms with van der Waals surface area (Å²) in [6, 6.07) is 5.09. The van der Waals surface area contributed by atoms with Gasteiger partial charge in [0.15, 0.2) is 0 Å². The molecule has 1 aromatic carbocycles. The van der Waals surface area contributed by atoms with Gasteiger partial charge in [0.2, 0.25) is 0 Å². The normalized spacial score (nSPS) is 17.3. The van der Waals surface area contributed by atoms with E-state index < -0.39 is 5.97 Å². The Morgan fingerprint density at radius 2 is 1.90 bits per heavy atom. The van der Waals surface area contributed by atoms with Crippen LogP contribution in [0, 0.1) is 5.82 Å². The van der Waals surface area contributed by atoms with Crippen LogP contribution in [-0.4, -0.2) is 53.6 Å². The average molecular weight is 345 g/mol. The molecule has 6 heteroatoms. The Morgan fingerprint density at radius 1 is 1.25 bits per heavy atom. The topological polar surface area (TPSA) is 43.8 Å². The molecule has 0 unspecified atom stereocenters. The molecule has 1 aliphatic rings. The van der Waals surface area contributed by atoms with Gasteiger partial charge >= 0.3 is 5.97 Å². The van der Waals surface area contributed by atoms with Crippen LogP contribution in [0.5, 0.6) is 0 Å². The molecule has 1 N–H and O–H groups in total. The molecule has 0 saturated carbocycles. The monoisotopic (exact) mass is 344 g/mol. The van der Waals surface area contributed by atoms with E-state index >= 15 is 0 Å². The maximum absolute atomic E-state index is 13.2. The number of piperazine rings is 1. The van der Waals surface area contributed by atoms with Gasteiger partial charge in [-0.25, -0.2) is 4.39 Å². The molecule has 1 heterocycles. The van der Waals surface area contributed by atoms with Crippen molar-refractivity contribution in [2.75, 3.05) is 32.7 Å². The fraction of sp³-hybridized carbons (Fsp3) is 0.500. The first kappa shape index (κ1) is 15.4. The SMILES string of the molecule is O=C(O)CCN1CCN(Cc2ccc(F)c(Br)c2)CC1. The number of carbonyl (C=O) groups is 1. The third kappa shape index (κ3) is 4.54. The van der Waals surface area contributed by atoms with Gasteiger partial charge in [-0.3, -0.25) is 9.69 Å². The second-order valence-corrected chi connectivity index (χ2v) is 5.86. The van der Waals surface area contributed by atoms with Crippen LogP contribution in [-0.2, 0) is 11.3 Å². The van der Waals surface area contributed by atoms with Crippen LogP contribution in [0.3, 0.4) is 0 Å². The Bertz CT molecular complexity index is 476. The van der Waals surface area contributed by atoms with Gasteiger partial charge in [0, 0.05) is 39.3 Å². The molecule has 0 amide bonds. The van der Waals surface area contributed by atoms with Crippen LogP contribution in [0.25, 0.3) is 0 Å². The van der Waals surface area contributed by atoms with E-state index in [-0.39, 0.29) is 12.2 Å². The van der Waals surface area contributed by atoms with Crippen molar-refractivity contribution in [1.82, 2.24) is 9.80 Å². The molecule has 4 nitrogen and oxygen atoms in total. The summed E-state index contributed by atoms with van der Waals surface area (Å²) >= 11 is 3.20. The second kappa shape index (κ2) is 7.15. The van der Waals surface area contributed by atoms with Gasteiger partial charge in [0.25, 0.3) is 0 Å². The zero-order chi connectivity index (χ0) is 14.5. The predicted octanol–water partition coefficient (Wildman–Crippen LogP) is 2.18. The molecular weight excluding hydrogens is 327 g/mol. The van der Waals surface area contributed by atoms with E-state index in [0.29, 0.717) is 11.0 Å². The molecule has 0 spiro atoms. The lowest BCUT2D eigenvalue weighted by atomic mass is 10.2. The van der Waals surface area contributed by atoms with E-state index in [4.69, 9.17) is 5.11 Å². The Kier molecular flexibility index (Phi) is 5.51. The number of hydrogen-bond donors (Lipinski definition) is 1. The van der Waals surface area contributed by atoms with E-state index in [2.05, 4.69) is 25.7 Å². The lowest BCUT2D eigenvalue weighted by molar-refractivity contribution is -0.137. The Balaban J connectivity index is 1.79. The standard InChI is InChI=1S/C14H18BrFN2O2/c15-12-9-11(1-2-13(12)16)10-18-7-5-17(6-8-18)4-3-14(19)20/h1-2,9H,3-8,10H2,(H,19,20). The molecule has 1 aliphatic heterocycles. The number of nitrogens with zero attached hydrogens (tertiary/aromatic N) is 2. The van der Waals surface area contributed by atoms with Crippen molar-refractivity contribution in [2.24, 2.45) is 0 Å². The summed E-state index contributed by atoms with van der Waals surface area (Å²) in [6.07, 6.45) is 0.199. The quantitative estimate of drug-likeness (QED) is 0.889. The molecule has 0 aliphatic carbocycles. The fourth-order valence-electron chi connectivity index (χ4n) is 2.32. The maximum Gasteiger partial charge on any atom is 0.304 e. The second-order valence-electron chi connectivity index (χ2n) is 5.01. The molecule has 1 saturated heterocycles. The summed E-state index contributed by atoms with van der Waals surface area (Å²) < 4.78 is 13.7. The average Bonchev–Trinajstić information content (AvgIpc) is 2.42. The summed E-state index contributed by atoms with van der Waals surface area (Å²) in [7, 11) is 0. The van der Waals surface area contributed by atoms with Crippen LogP contribution < -0.4 is 0 Å². The van der Waals surface area contributed by atoms with E-state index in [9.17, 15) is 9.18 Å². The van der Waals surface area contributed by atoms with Crippen LogP contribution in [0.15, 0.2) is 22.7 Å². The summed E-state index contributed by atoms with van der Waals surface area (Å²) in [5, 5.41) is 8.67. The van der Waals surface area contributed by atoms with Crippen molar-refractivity contribution < 1.29 is 14.3 Å². The first-order valence-corrected chi connectivity index (χ1v) is 7.44. The Morgan fingerprint density at radius 3 is 2.50 bits per heavy atom. The molecule has 0 atom stereocenters. The highest BCUT2D eigenvalue weighted by Gasteiger charge is 2.17. The number of rotatable bonds is 5. The zero-order valence-corrected chi connectivity index (χ0v) is 12.8. The van der Waals surface area contributed by atoms with E-state index in [1.54, 1.807) is 6.07 Å². The van der Waals surface area contributed by atoms with E-state index in [1.165, 1.54) is 6.07 Å². The molecule has 0 radical (unpaired) electrons. The van der Waals surface area contributed by atoms with E-state index in [1.807, 2.05) is 6.07 Å². The van der Waals surface area contributed by atoms with Crippen LogP contribution >= 0.6 is 15.9 Å². The Labute approximate surface area is 126 Å². The first-order chi connectivity index (χ1) is 9.54. The van der Waals surface area contributed by atoms with Gasteiger partial charge in [0.1, 0.15) is 5.82 Å².